The van der Waals surface area contributed by atoms with Crippen LogP contribution in [0.25, 0.3) is 0 Å². The Morgan fingerprint density at radius 3 is 2.55 bits per heavy atom. The second-order valence-corrected chi connectivity index (χ2v) is 3.42. The molecule has 1 heterocycles. The maximum atomic E-state index is 11.5. The summed E-state index contributed by atoms with van der Waals surface area (Å²) in [5.74, 6) is 0.877. The fourth-order valence-electron chi connectivity index (χ4n) is 1.99. The minimum Gasteiger partial charge on any atom is -0.380 e. The summed E-state index contributed by atoms with van der Waals surface area (Å²) in [5.41, 5.74) is 2.22. The Hall–Kier alpha value is -0.630. The Morgan fingerprint density at radius 1 is 1.27 bits per heavy atom. The molecule has 0 N–H and O–H groups in total. The molecule has 0 radical (unpaired) electrons. The highest BCUT2D eigenvalue weighted by atomic mass is 16.5. The molecule has 1 saturated heterocycles. The lowest BCUT2D eigenvalue weighted by molar-refractivity contribution is -0.118. The van der Waals surface area contributed by atoms with Crippen molar-refractivity contribution in [3.8, 4) is 0 Å². The Kier molecular flexibility index (Phi) is 1.39. The molecule has 0 unspecified atom stereocenters. The second kappa shape index (κ2) is 2.18. The van der Waals surface area contributed by atoms with Crippen LogP contribution in [0.2, 0.25) is 0 Å². The van der Waals surface area contributed by atoms with Gasteiger partial charge in [-0.1, -0.05) is 5.57 Å². The van der Waals surface area contributed by atoms with E-state index in [2.05, 4.69) is 0 Å². The van der Waals surface area contributed by atoms with Crippen LogP contribution < -0.4 is 0 Å². The number of allylic oxidation sites excluding steroid dienone is 1. The molecule has 1 aliphatic heterocycles. The first kappa shape index (κ1) is 7.04. The number of carbonyl (C=O) groups excluding carboxylic acids is 1. The van der Waals surface area contributed by atoms with Gasteiger partial charge in [-0.3, -0.25) is 4.79 Å². The zero-order chi connectivity index (χ0) is 8.01. The molecule has 2 atom stereocenters. The zero-order valence-corrected chi connectivity index (χ0v) is 6.89. The van der Waals surface area contributed by atoms with Gasteiger partial charge in [-0.15, -0.1) is 0 Å². The van der Waals surface area contributed by atoms with Gasteiger partial charge in [0.05, 0.1) is 19.1 Å². The molecule has 0 saturated carbocycles. The number of fused-ring (bicyclic) bond motifs is 1. The summed E-state index contributed by atoms with van der Waals surface area (Å²) in [4.78, 5) is 11.5. The Balaban J connectivity index is 2.37. The zero-order valence-electron chi connectivity index (χ0n) is 6.89. The topological polar surface area (TPSA) is 26.3 Å². The van der Waals surface area contributed by atoms with Crippen molar-refractivity contribution in [3.63, 3.8) is 0 Å². The van der Waals surface area contributed by atoms with Gasteiger partial charge in [-0.2, -0.15) is 0 Å². The molecule has 0 spiro atoms. The van der Waals surface area contributed by atoms with Gasteiger partial charge in [-0.05, 0) is 19.4 Å². The van der Waals surface area contributed by atoms with E-state index in [0.29, 0.717) is 18.3 Å². The third kappa shape index (κ3) is 0.791. The number of ether oxygens (including phenoxy) is 1. The monoisotopic (exact) mass is 152 g/mol. The highest BCUT2D eigenvalue weighted by molar-refractivity contribution is 6.00. The predicted molar refractivity (Wildman–Crippen MR) is 41.2 cm³/mol. The third-order valence-corrected chi connectivity index (χ3v) is 2.93. The number of ketones is 1. The van der Waals surface area contributed by atoms with Crippen molar-refractivity contribution in [1.82, 2.24) is 0 Å². The van der Waals surface area contributed by atoms with E-state index in [0.717, 1.165) is 12.2 Å². The summed E-state index contributed by atoms with van der Waals surface area (Å²) in [5, 5.41) is 0. The molecule has 60 valence electrons. The maximum Gasteiger partial charge on any atom is 0.164 e. The van der Waals surface area contributed by atoms with Crippen LogP contribution in [0.5, 0.6) is 0 Å². The summed E-state index contributed by atoms with van der Waals surface area (Å²) in [6, 6.07) is 0. The fourth-order valence-corrected chi connectivity index (χ4v) is 1.99. The number of hydrogen-bond acceptors (Lipinski definition) is 2. The van der Waals surface area contributed by atoms with E-state index >= 15 is 0 Å². The summed E-state index contributed by atoms with van der Waals surface area (Å²) < 4.78 is 5.25. The molecule has 0 aromatic carbocycles. The van der Waals surface area contributed by atoms with Crippen molar-refractivity contribution in [2.24, 2.45) is 11.8 Å². The van der Waals surface area contributed by atoms with Crippen LogP contribution in [0.1, 0.15) is 13.8 Å². The molecule has 2 heteroatoms. The maximum absolute atomic E-state index is 11.5. The average molecular weight is 152 g/mol. The fraction of sp³-hybridized carbons (Fsp3) is 0.667. The lowest BCUT2D eigenvalue weighted by atomic mass is 9.95. The van der Waals surface area contributed by atoms with Gasteiger partial charge in [0.25, 0.3) is 0 Å². The van der Waals surface area contributed by atoms with Crippen LogP contribution in [0.3, 0.4) is 0 Å². The summed E-state index contributed by atoms with van der Waals surface area (Å²) in [6.07, 6.45) is 0. The highest BCUT2D eigenvalue weighted by Crippen LogP contribution is 2.37. The van der Waals surface area contributed by atoms with Crippen molar-refractivity contribution in [2.45, 2.75) is 13.8 Å². The van der Waals surface area contributed by atoms with E-state index in [1.54, 1.807) is 0 Å². The van der Waals surface area contributed by atoms with Gasteiger partial charge < -0.3 is 4.74 Å². The molecule has 11 heavy (non-hydrogen) atoms. The van der Waals surface area contributed by atoms with E-state index in [1.165, 1.54) is 5.57 Å². The summed E-state index contributed by atoms with van der Waals surface area (Å²) in [6.45, 7) is 5.36. The molecule has 0 aromatic heterocycles. The first-order valence-electron chi connectivity index (χ1n) is 4.01. The quantitative estimate of drug-likeness (QED) is 0.520. The van der Waals surface area contributed by atoms with E-state index in [4.69, 9.17) is 4.74 Å². The smallest absolute Gasteiger partial charge is 0.164 e. The van der Waals surface area contributed by atoms with Crippen molar-refractivity contribution < 1.29 is 9.53 Å². The predicted octanol–water partition coefficient (Wildman–Crippen LogP) is 1.17. The van der Waals surface area contributed by atoms with Gasteiger partial charge in [-0.25, -0.2) is 0 Å². The first-order chi connectivity index (χ1) is 5.22. The van der Waals surface area contributed by atoms with Gasteiger partial charge in [0.15, 0.2) is 5.78 Å². The van der Waals surface area contributed by atoms with Crippen molar-refractivity contribution in [2.75, 3.05) is 13.2 Å². The van der Waals surface area contributed by atoms with Crippen LogP contribution in [-0.4, -0.2) is 19.0 Å². The molecule has 2 aliphatic rings. The standard InChI is InChI=1S/C9H12O2/c1-5-6(2)9(10)8-4-11-3-7(5)8/h7-8H,3-4H2,1-2H3/t7-,8-/m1/s1. The molecule has 0 aromatic rings. The number of carbonyl (C=O) groups is 1. The minimum absolute atomic E-state index is 0.162. The van der Waals surface area contributed by atoms with Crippen molar-refractivity contribution in [1.29, 1.82) is 0 Å². The molecule has 0 bridgehead atoms. The largest absolute Gasteiger partial charge is 0.380 e. The molecule has 2 rings (SSSR count). The molecular weight excluding hydrogens is 140 g/mol. The molecule has 1 fully saturated rings. The molecule has 1 aliphatic carbocycles. The van der Waals surface area contributed by atoms with Crippen LogP contribution in [0, 0.1) is 11.8 Å². The average Bonchev–Trinajstić information content (AvgIpc) is 2.53. The van der Waals surface area contributed by atoms with E-state index < -0.39 is 0 Å². The molecule has 2 nitrogen and oxygen atoms in total. The van der Waals surface area contributed by atoms with Crippen LogP contribution in [0.15, 0.2) is 11.1 Å². The first-order valence-corrected chi connectivity index (χ1v) is 4.01. The van der Waals surface area contributed by atoms with Gasteiger partial charge >= 0.3 is 0 Å². The third-order valence-electron chi connectivity index (χ3n) is 2.93. The minimum atomic E-state index is 0.162. The van der Waals surface area contributed by atoms with Gasteiger partial charge in [0.2, 0.25) is 0 Å². The second-order valence-electron chi connectivity index (χ2n) is 3.42. The lowest BCUT2D eigenvalue weighted by Gasteiger charge is -2.04. The summed E-state index contributed by atoms with van der Waals surface area (Å²) in [7, 11) is 0. The van der Waals surface area contributed by atoms with Crippen LogP contribution >= 0.6 is 0 Å². The van der Waals surface area contributed by atoms with Crippen molar-refractivity contribution in [3.05, 3.63) is 11.1 Å². The van der Waals surface area contributed by atoms with Gasteiger partial charge in [0.1, 0.15) is 0 Å². The highest BCUT2D eigenvalue weighted by Gasteiger charge is 2.41. The normalized spacial score (nSPS) is 36.7. The number of hydrogen-bond donors (Lipinski definition) is 0. The van der Waals surface area contributed by atoms with E-state index in [-0.39, 0.29) is 5.92 Å². The van der Waals surface area contributed by atoms with Crippen LogP contribution in [0.4, 0.5) is 0 Å². The van der Waals surface area contributed by atoms with Gasteiger partial charge in [0, 0.05) is 5.92 Å². The molecular formula is C9H12O2. The molecule has 0 amide bonds. The van der Waals surface area contributed by atoms with Crippen molar-refractivity contribution >= 4 is 5.78 Å². The number of rotatable bonds is 0. The van der Waals surface area contributed by atoms with E-state index in [9.17, 15) is 4.79 Å². The Labute approximate surface area is 66.2 Å². The number of Topliss-reactive ketones (excluding diaryl/α,β-unsaturated/α-hetero) is 1. The lowest BCUT2D eigenvalue weighted by Crippen LogP contribution is -2.15. The summed E-state index contributed by atoms with van der Waals surface area (Å²) >= 11 is 0. The SMILES string of the molecule is CC1=C(C)[C@H]2COC[C@H]2C1=O. The van der Waals surface area contributed by atoms with E-state index in [1.807, 2.05) is 13.8 Å². The van der Waals surface area contributed by atoms with Crippen LogP contribution in [-0.2, 0) is 9.53 Å². The Morgan fingerprint density at radius 2 is 1.91 bits per heavy atom. The Bertz CT molecular complexity index is 240.